The summed E-state index contributed by atoms with van der Waals surface area (Å²) in [6, 6.07) is 19.3. The molecule has 2 aromatic carbocycles. The molecule has 0 spiro atoms. The number of para-hydroxylation sites is 1. The largest absolute Gasteiger partial charge is 0.323 e. The van der Waals surface area contributed by atoms with Crippen molar-refractivity contribution in [3.05, 3.63) is 90.4 Å². The smallest absolute Gasteiger partial charge is 0.257 e. The van der Waals surface area contributed by atoms with Crippen LogP contribution in [0.3, 0.4) is 0 Å². The van der Waals surface area contributed by atoms with Gasteiger partial charge in [-0.1, -0.05) is 24.3 Å². The van der Waals surface area contributed by atoms with E-state index in [0.717, 1.165) is 22.2 Å². The van der Waals surface area contributed by atoms with Gasteiger partial charge in [0.15, 0.2) is 0 Å². The summed E-state index contributed by atoms with van der Waals surface area (Å²) in [7, 11) is 0. The van der Waals surface area contributed by atoms with Gasteiger partial charge in [-0.3, -0.25) is 9.78 Å². The van der Waals surface area contributed by atoms with Gasteiger partial charge >= 0.3 is 0 Å². The van der Waals surface area contributed by atoms with E-state index in [1.54, 1.807) is 6.20 Å². The third-order valence-electron chi connectivity index (χ3n) is 4.16. The first-order valence-corrected chi connectivity index (χ1v) is 8.11. The van der Waals surface area contributed by atoms with Crippen molar-refractivity contribution in [2.45, 2.75) is 6.92 Å². The number of carbonyl (C=O) groups excluding carboxylic acids is 1. The van der Waals surface area contributed by atoms with Crippen LogP contribution >= 0.6 is 0 Å². The predicted molar refractivity (Wildman–Crippen MR) is 100 cm³/mol. The first-order valence-electron chi connectivity index (χ1n) is 8.11. The maximum absolute atomic E-state index is 12.9. The number of amides is 1. The number of hydrogen-bond donors (Lipinski definition) is 1. The molecule has 1 N–H and O–H groups in total. The number of rotatable bonds is 3. The topological polar surface area (TPSA) is 46.9 Å². The zero-order chi connectivity index (χ0) is 17.2. The molecule has 122 valence electrons. The van der Waals surface area contributed by atoms with Crippen molar-refractivity contribution in [3.8, 4) is 5.69 Å². The van der Waals surface area contributed by atoms with Crippen LogP contribution in [0.2, 0.25) is 0 Å². The van der Waals surface area contributed by atoms with Crippen LogP contribution in [-0.4, -0.2) is 15.5 Å². The molecule has 0 radical (unpaired) electrons. The molecular formula is C21H17N3O. The van der Waals surface area contributed by atoms with Gasteiger partial charge < -0.3 is 9.88 Å². The van der Waals surface area contributed by atoms with Gasteiger partial charge in [0.1, 0.15) is 0 Å². The molecule has 0 aliphatic rings. The third-order valence-corrected chi connectivity index (χ3v) is 4.16. The predicted octanol–water partition coefficient (Wildman–Crippen LogP) is 4.59. The van der Waals surface area contributed by atoms with E-state index in [1.165, 1.54) is 0 Å². The molecule has 0 aliphatic heterocycles. The molecule has 0 bridgehead atoms. The first kappa shape index (κ1) is 15.1. The molecule has 1 amide bonds. The highest BCUT2D eigenvalue weighted by Crippen LogP contribution is 2.23. The van der Waals surface area contributed by atoms with Crippen LogP contribution in [0.4, 0.5) is 5.69 Å². The Morgan fingerprint density at radius 3 is 2.64 bits per heavy atom. The molecule has 0 saturated carbocycles. The average molecular weight is 327 g/mol. The molecule has 2 aromatic heterocycles. The fourth-order valence-electron chi connectivity index (χ4n) is 2.94. The van der Waals surface area contributed by atoms with Crippen LogP contribution in [0.15, 0.2) is 79.3 Å². The number of anilines is 1. The van der Waals surface area contributed by atoms with Crippen molar-refractivity contribution in [2.75, 3.05) is 5.32 Å². The lowest BCUT2D eigenvalue weighted by molar-refractivity contribution is 0.102. The van der Waals surface area contributed by atoms with E-state index in [-0.39, 0.29) is 5.91 Å². The molecule has 2 heterocycles. The number of aryl methyl sites for hydroxylation is 1. The van der Waals surface area contributed by atoms with Crippen molar-refractivity contribution in [1.29, 1.82) is 0 Å². The molecule has 4 aromatic rings. The lowest BCUT2D eigenvalue weighted by Crippen LogP contribution is -2.15. The van der Waals surface area contributed by atoms with Crippen LogP contribution in [0.25, 0.3) is 16.6 Å². The Hall–Kier alpha value is -3.40. The van der Waals surface area contributed by atoms with Crippen molar-refractivity contribution in [2.24, 2.45) is 0 Å². The Morgan fingerprint density at radius 2 is 1.80 bits per heavy atom. The van der Waals surface area contributed by atoms with Crippen molar-refractivity contribution in [1.82, 2.24) is 9.55 Å². The highest BCUT2D eigenvalue weighted by Gasteiger charge is 2.14. The van der Waals surface area contributed by atoms with Crippen molar-refractivity contribution in [3.63, 3.8) is 0 Å². The highest BCUT2D eigenvalue weighted by atomic mass is 16.1. The van der Waals surface area contributed by atoms with Gasteiger partial charge in [0.25, 0.3) is 5.91 Å². The lowest BCUT2D eigenvalue weighted by Gasteiger charge is -2.13. The second kappa shape index (κ2) is 6.24. The Bertz CT molecular complexity index is 1050. The van der Waals surface area contributed by atoms with Crippen molar-refractivity contribution >= 4 is 22.5 Å². The maximum Gasteiger partial charge on any atom is 0.257 e. The number of hydrogen-bond acceptors (Lipinski definition) is 2. The minimum Gasteiger partial charge on any atom is -0.323 e. The number of carbonyl (C=O) groups is 1. The van der Waals surface area contributed by atoms with Crippen LogP contribution in [0.1, 0.15) is 15.9 Å². The van der Waals surface area contributed by atoms with Crippen molar-refractivity contribution < 1.29 is 4.79 Å². The van der Waals surface area contributed by atoms with E-state index >= 15 is 0 Å². The molecule has 4 nitrogen and oxygen atoms in total. The summed E-state index contributed by atoms with van der Waals surface area (Å²) < 4.78 is 1.95. The Kier molecular flexibility index (Phi) is 3.78. The summed E-state index contributed by atoms with van der Waals surface area (Å²) in [5.41, 5.74) is 4.08. The number of aromatic nitrogens is 2. The molecule has 0 fully saturated rings. The SMILES string of the molecule is Cc1ccc(C(=O)Nc2cccc3cccnc23)c(-n2cccc2)c1. The van der Waals surface area contributed by atoms with Crippen LogP contribution in [-0.2, 0) is 0 Å². The van der Waals surface area contributed by atoms with Gasteiger partial charge in [0.2, 0.25) is 0 Å². The first-order chi connectivity index (χ1) is 12.2. The fraction of sp³-hybridized carbons (Fsp3) is 0.0476. The molecule has 0 saturated heterocycles. The number of pyridine rings is 1. The number of nitrogens with one attached hydrogen (secondary N) is 1. The molecule has 0 aliphatic carbocycles. The Morgan fingerprint density at radius 1 is 1.00 bits per heavy atom. The van der Waals surface area contributed by atoms with Gasteiger partial charge in [-0.25, -0.2) is 0 Å². The molecule has 25 heavy (non-hydrogen) atoms. The summed E-state index contributed by atoms with van der Waals surface area (Å²) >= 11 is 0. The minimum atomic E-state index is -0.151. The van der Waals surface area contributed by atoms with Gasteiger partial charge in [-0.2, -0.15) is 0 Å². The summed E-state index contributed by atoms with van der Waals surface area (Å²) in [6.45, 7) is 2.02. The molecular weight excluding hydrogens is 310 g/mol. The molecule has 4 heteroatoms. The Balaban J connectivity index is 1.75. The minimum absolute atomic E-state index is 0.151. The van der Waals surface area contributed by atoms with Gasteiger partial charge in [0.05, 0.1) is 22.5 Å². The molecule has 0 unspecified atom stereocenters. The van der Waals surface area contributed by atoms with Crippen LogP contribution in [0.5, 0.6) is 0 Å². The summed E-state index contributed by atoms with van der Waals surface area (Å²) in [6.07, 6.45) is 5.60. The molecule has 4 rings (SSSR count). The van der Waals surface area contributed by atoms with Gasteiger partial charge in [-0.15, -0.1) is 0 Å². The summed E-state index contributed by atoms with van der Waals surface area (Å²) in [5, 5.41) is 4.00. The third kappa shape index (κ3) is 2.90. The fourth-order valence-corrected chi connectivity index (χ4v) is 2.94. The van der Waals surface area contributed by atoms with E-state index < -0.39 is 0 Å². The lowest BCUT2D eigenvalue weighted by atomic mass is 10.1. The monoisotopic (exact) mass is 327 g/mol. The van der Waals surface area contributed by atoms with E-state index in [9.17, 15) is 4.79 Å². The van der Waals surface area contributed by atoms with Gasteiger partial charge in [-0.05, 0) is 48.9 Å². The average Bonchev–Trinajstić information content (AvgIpc) is 3.16. The number of nitrogens with zero attached hydrogens (tertiary/aromatic N) is 2. The van der Waals surface area contributed by atoms with Crippen LogP contribution < -0.4 is 5.32 Å². The van der Waals surface area contributed by atoms with Crippen LogP contribution in [0, 0.1) is 6.92 Å². The second-order valence-electron chi connectivity index (χ2n) is 5.95. The van der Waals surface area contributed by atoms with E-state index in [4.69, 9.17) is 0 Å². The normalized spacial score (nSPS) is 10.8. The summed E-state index contributed by atoms with van der Waals surface area (Å²) in [5.74, 6) is -0.151. The maximum atomic E-state index is 12.9. The van der Waals surface area contributed by atoms with E-state index in [2.05, 4.69) is 10.3 Å². The quantitative estimate of drug-likeness (QED) is 0.598. The zero-order valence-corrected chi connectivity index (χ0v) is 13.8. The summed E-state index contributed by atoms with van der Waals surface area (Å²) in [4.78, 5) is 17.3. The van der Waals surface area contributed by atoms with Gasteiger partial charge in [0, 0.05) is 24.0 Å². The zero-order valence-electron chi connectivity index (χ0n) is 13.8. The molecule has 0 atom stereocenters. The number of fused-ring (bicyclic) bond motifs is 1. The second-order valence-corrected chi connectivity index (χ2v) is 5.95. The standard InChI is InChI=1S/C21H17N3O/c1-15-9-10-17(19(14-15)24-12-2-3-13-24)21(25)23-18-8-4-6-16-7-5-11-22-20(16)18/h2-14H,1H3,(H,23,25). The van der Waals surface area contributed by atoms with E-state index in [0.29, 0.717) is 11.3 Å². The van der Waals surface area contributed by atoms with E-state index in [1.807, 2.05) is 84.5 Å². The number of benzene rings is 2. The Labute approximate surface area is 145 Å². The highest BCUT2D eigenvalue weighted by molar-refractivity contribution is 6.10.